The second-order valence-corrected chi connectivity index (χ2v) is 4.86. The highest BCUT2D eigenvalue weighted by molar-refractivity contribution is 5.48. The number of nitro groups is 1. The Morgan fingerprint density at radius 3 is 2.79 bits per heavy atom. The average molecular weight is 264 g/mol. The van der Waals surface area contributed by atoms with Crippen molar-refractivity contribution in [1.29, 1.82) is 0 Å². The van der Waals surface area contributed by atoms with Gasteiger partial charge in [-0.2, -0.15) is 0 Å². The Bertz CT molecular complexity index is 442. The Hall–Kier alpha value is -1.62. The highest BCUT2D eigenvalue weighted by Gasteiger charge is 2.22. The van der Waals surface area contributed by atoms with Gasteiger partial charge in [-0.25, -0.2) is 0 Å². The first-order chi connectivity index (χ1) is 9.20. The highest BCUT2D eigenvalue weighted by atomic mass is 16.6. The summed E-state index contributed by atoms with van der Waals surface area (Å²) in [5.41, 5.74) is 0.981. The minimum absolute atomic E-state index is 0.0716. The zero-order chi connectivity index (χ0) is 13.7. The summed E-state index contributed by atoms with van der Waals surface area (Å²) in [5.74, 6) is 0.400. The number of rotatable bonds is 6. The van der Waals surface area contributed by atoms with Crippen LogP contribution in [0, 0.1) is 10.1 Å². The van der Waals surface area contributed by atoms with Gasteiger partial charge in [-0.05, 0) is 43.9 Å². The molecular formula is C14H20N2O3. The molecule has 19 heavy (non-hydrogen) atoms. The topological polar surface area (TPSA) is 64.4 Å². The molecule has 5 nitrogen and oxygen atoms in total. The number of hydrogen-bond acceptors (Lipinski definition) is 4. The predicted molar refractivity (Wildman–Crippen MR) is 73.4 cm³/mol. The maximum Gasteiger partial charge on any atom is 0.311 e. The molecule has 0 aromatic heterocycles. The van der Waals surface area contributed by atoms with E-state index in [-0.39, 0.29) is 16.7 Å². The Morgan fingerprint density at radius 2 is 2.16 bits per heavy atom. The van der Waals surface area contributed by atoms with Crippen LogP contribution in [0.25, 0.3) is 0 Å². The molecule has 0 heterocycles. The van der Waals surface area contributed by atoms with E-state index in [0.29, 0.717) is 12.3 Å². The number of nitro benzene ring substituents is 1. The number of benzene rings is 1. The normalized spacial score (nSPS) is 15.6. The van der Waals surface area contributed by atoms with E-state index in [1.165, 1.54) is 0 Å². The smallest absolute Gasteiger partial charge is 0.311 e. The third kappa shape index (κ3) is 3.67. The Kier molecular flexibility index (Phi) is 4.74. The molecule has 1 N–H and O–H groups in total. The molecule has 0 saturated heterocycles. The lowest BCUT2D eigenvalue weighted by Crippen LogP contribution is -2.14. The molecule has 0 aliphatic heterocycles. The monoisotopic (exact) mass is 264 g/mol. The van der Waals surface area contributed by atoms with Gasteiger partial charge in [0.2, 0.25) is 0 Å². The molecule has 0 bridgehead atoms. The summed E-state index contributed by atoms with van der Waals surface area (Å²) in [7, 11) is 0. The summed E-state index contributed by atoms with van der Waals surface area (Å²) < 4.78 is 5.77. The molecule has 2 rings (SSSR count). The first-order valence-electron chi connectivity index (χ1n) is 6.85. The van der Waals surface area contributed by atoms with Crippen LogP contribution >= 0.6 is 0 Å². The largest absolute Gasteiger partial charge is 0.484 e. The Labute approximate surface area is 113 Å². The van der Waals surface area contributed by atoms with Crippen molar-refractivity contribution in [3.8, 4) is 5.75 Å². The molecular weight excluding hydrogens is 244 g/mol. The van der Waals surface area contributed by atoms with E-state index in [1.807, 2.05) is 13.0 Å². The van der Waals surface area contributed by atoms with Crippen LogP contribution < -0.4 is 10.1 Å². The molecule has 0 unspecified atom stereocenters. The third-order valence-corrected chi connectivity index (χ3v) is 3.40. The molecule has 1 aromatic rings. The van der Waals surface area contributed by atoms with Gasteiger partial charge in [0.25, 0.3) is 0 Å². The lowest BCUT2D eigenvalue weighted by Gasteiger charge is -2.13. The maximum atomic E-state index is 11.1. The fourth-order valence-corrected chi connectivity index (χ4v) is 2.37. The molecule has 0 spiro atoms. The summed E-state index contributed by atoms with van der Waals surface area (Å²) in [6, 6.07) is 5.22. The summed E-state index contributed by atoms with van der Waals surface area (Å²) >= 11 is 0. The van der Waals surface area contributed by atoms with Crippen LogP contribution in [0.2, 0.25) is 0 Å². The van der Waals surface area contributed by atoms with E-state index in [1.54, 1.807) is 12.1 Å². The minimum atomic E-state index is -0.361. The molecule has 1 aliphatic rings. The second kappa shape index (κ2) is 6.52. The van der Waals surface area contributed by atoms with Gasteiger partial charge in [-0.1, -0.05) is 13.0 Å². The number of nitrogens with one attached hydrogen (secondary N) is 1. The molecule has 1 aromatic carbocycles. The highest BCUT2D eigenvalue weighted by Crippen LogP contribution is 2.32. The van der Waals surface area contributed by atoms with Crippen molar-refractivity contribution < 1.29 is 9.66 Å². The van der Waals surface area contributed by atoms with Crippen molar-refractivity contribution in [2.24, 2.45) is 0 Å². The quantitative estimate of drug-likeness (QED) is 0.633. The van der Waals surface area contributed by atoms with E-state index in [2.05, 4.69) is 5.32 Å². The van der Waals surface area contributed by atoms with Gasteiger partial charge in [0, 0.05) is 12.6 Å². The van der Waals surface area contributed by atoms with E-state index in [0.717, 1.165) is 37.8 Å². The summed E-state index contributed by atoms with van der Waals surface area (Å²) in [6.45, 7) is 3.49. The van der Waals surface area contributed by atoms with Crippen molar-refractivity contribution in [3.63, 3.8) is 0 Å². The number of hydrogen-bond donors (Lipinski definition) is 1. The van der Waals surface area contributed by atoms with Gasteiger partial charge in [0.1, 0.15) is 0 Å². The van der Waals surface area contributed by atoms with Gasteiger partial charge >= 0.3 is 5.69 Å². The van der Waals surface area contributed by atoms with Gasteiger partial charge < -0.3 is 10.1 Å². The maximum absolute atomic E-state index is 11.1. The molecule has 0 amide bonds. The van der Waals surface area contributed by atoms with E-state index in [4.69, 9.17) is 4.74 Å². The van der Waals surface area contributed by atoms with Gasteiger partial charge in [-0.15, -0.1) is 0 Å². The minimum Gasteiger partial charge on any atom is -0.484 e. The van der Waals surface area contributed by atoms with Crippen LogP contribution in [0.3, 0.4) is 0 Å². The summed E-state index contributed by atoms with van der Waals surface area (Å²) in [4.78, 5) is 10.8. The van der Waals surface area contributed by atoms with Gasteiger partial charge in [-0.3, -0.25) is 10.1 Å². The van der Waals surface area contributed by atoms with Crippen molar-refractivity contribution in [3.05, 3.63) is 33.9 Å². The zero-order valence-corrected chi connectivity index (χ0v) is 11.2. The molecule has 0 radical (unpaired) electrons. The second-order valence-electron chi connectivity index (χ2n) is 4.86. The average Bonchev–Trinajstić information content (AvgIpc) is 2.90. The molecule has 104 valence electrons. The number of ether oxygens (including phenoxy) is 1. The van der Waals surface area contributed by atoms with E-state index in [9.17, 15) is 10.1 Å². The van der Waals surface area contributed by atoms with Crippen LogP contribution in [-0.2, 0) is 6.54 Å². The molecule has 1 saturated carbocycles. The fraction of sp³-hybridized carbons (Fsp3) is 0.571. The molecule has 0 atom stereocenters. The summed E-state index contributed by atoms with van der Waals surface area (Å²) in [6.07, 6.45) is 4.43. The Balaban J connectivity index is 2.14. The molecule has 5 heteroatoms. The SMILES string of the molecule is CCNCc1ccc(OC2CCCC2)c([N+](=O)[O-])c1. The van der Waals surface area contributed by atoms with Crippen LogP contribution in [0.1, 0.15) is 38.2 Å². The van der Waals surface area contributed by atoms with Crippen LogP contribution in [0.4, 0.5) is 5.69 Å². The molecule has 1 fully saturated rings. The van der Waals surface area contributed by atoms with Gasteiger partial charge in [0.15, 0.2) is 5.75 Å². The van der Waals surface area contributed by atoms with Crippen molar-refractivity contribution in [1.82, 2.24) is 5.32 Å². The van der Waals surface area contributed by atoms with Crippen molar-refractivity contribution >= 4 is 5.69 Å². The Morgan fingerprint density at radius 1 is 1.42 bits per heavy atom. The third-order valence-electron chi connectivity index (χ3n) is 3.40. The van der Waals surface area contributed by atoms with E-state index < -0.39 is 0 Å². The van der Waals surface area contributed by atoms with Crippen LogP contribution in [0.5, 0.6) is 5.75 Å². The zero-order valence-electron chi connectivity index (χ0n) is 11.2. The first-order valence-corrected chi connectivity index (χ1v) is 6.85. The fourth-order valence-electron chi connectivity index (χ4n) is 2.37. The van der Waals surface area contributed by atoms with Gasteiger partial charge in [0.05, 0.1) is 11.0 Å². The van der Waals surface area contributed by atoms with Crippen molar-refractivity contribution in [2.75, 3.05) is 6.54 Å². The summed E-state index contributed by atoms with van der Waals surface area (Å²) in [5, 5.41) is 14.3. The predicted octanol–water partition coefficient (Wildman–Crippen LogP) is 3.03. The lowest BCUT2D eigenvalue weighted by molar-refractivity contribution is -0.386. The first kappa shape index (κ1) is 13.8. The van der Waals surface area contributed by atoms with Crippen LogP contribution in [-0.4, -0.2) is 17.6 Å². The standard InChI is InChI=1S/C14H20N2O3/c1-2-15-10-11-7-8-14(13(9-11)16(17)18)19-12-5-3-4-6-12/h7-9,12,15H,2-6,10H2,1H3. The van der Waals surface area contributed by atoms with Crippen molar-refractivity contribution in [2.45, 2.75) is 45.3 Å². The molecule has 1 aliphatic carbocycles. The number of nitrogens with zero attached hydrogens (tertiary/aromatic N) is 1. The van der Waals surface area contributed by atoms with Crippen LogP contribution in [0.15, 0.2) is 18.2 Å². The van der Waals surface area contributed by atoms with E-state index >= 15 is 0 Å². The lowest BCUT2D eigenvalue weighted by atomic mass is 10.2.